The van der Waals surface area contributed by atoms with Crippen molar-refractivity contribution in [2.24, 2.45) is 5.92 Å². The first kappa shape index (κ1) is 31.1. The number of aryl methyl sites for hydroxylation is 2. The molecule has 0 saturated carbocycles. The Kier molecular flexibility index (Phi) is 10.3. The van der Waals surface area contributed by atoms with Crippen LogP contribution in [-0.4, -0.2) is 44.3 Å². The van der Waals surface area contributed by atoms with E-state index >= 15 is 0 Å². The summed E-state index contributed by atoms with van der Waals surface area (Å²) in [6.07, 6.45) is 0. The molecule has 3 aromatic rings. The summed E-state index contributed by atoms with van der Waals surface area (Å²) in [5.41, 5.74) is 2.32. The van der Waals surface area contributed by atoms with Crippen LogP contribution in [0.5, 0.6) is 0 Å². The molecule has 214 valence electrons. The molecule has 0 aromatic heterocycles. The Hall–Kier alpha value is -3.43. The highest BCUT2D eigenvalue weighted by molar-refractivity contribution is 7.92. The van der Waals surface area contributed by atoms with Crippen molar-refractivity contribution in [2.45, 2.75) is 52.1 Å². The molecule has 0 saturated heterocycles. The van der Waals surface area contributed by atoms with Crippen molar-refractivity contribution in [3.05, 3.63) is 94.3 Å². The molecule has 3 rings (SSSR count). The van der Waals surface area contributed by atoms with Gasteiger partial charge in [0, 0.05) is 18.1 Å². The van der Waals surface area contributed by atoms with Crippen LogP contribution in [0.25, 0.3) is 0 Å². The molecule has 10 heteroatoms. The maximum absolute atomic E-state index is 13.9. The Labute approximate surface area is 241 Å². The van der Waals surface area contributed by atoms with Crippen molar-refractivity contribution < 1.29 is 22.4 Å². The first-order chi connectivity index (χ1) is 18.8. The fourth-order valence-electron chi connectivity index (χ4n) is 4.07. The van der Waals surface area contributed by atoms with Crippen LogP contribution in [0.3, 0.4) is 0 Å². The zero-order valence-corrected chi connectivity index (χ0v) is 24.9. The second kappa shape index (κ2) is 13.3. The largest absolute Gasteiger partial charge is 0.354 e. The molecule has 0 aliphatic rings. The lowest BCUT2D eigenvalue weighted by atomic mass is 10.1. The first-order valence-corrected chi connectivity index (χ1v) is 14.8. The van der Waals surface area contributed by atoms with Crippen molar-refractivity contribution in [2.75, 3.05) is 17.4 Å². The topological polar surface area (TPSA) is 86.8 Å². The number of amides is 2. The SMILES string of the molecule is Cc1ccc(S(=O)(=O)N(CC(=O)N(Cc2ccc(F)cc2)[C@H](C)C(=O)NCC(C)C)c2ccc(Cl)cc2C)cc1. The Morgan fingerprint density at radius 3 is 2.15 bits per heavy atom. The Balaban J connectivity index is 2.04. The quantitative estimate of drug-likeness (QED) is 0.322. The van der Waals surface area contributed by atoms with Crippen molar-refractivity contribution in [1.29, 1.82) is 0 Å². The zero-order valence-electron chi connectivity index (χ0n) is 23.3. The standard InChI is InChI=1S/C30H35ClFN3O4S/c1-20(2)17-33-30(37)23(5)34(18-24-8-11-26(32)12-9-24)29(36)19-35(28-15-10-25(31)16-22(28)4)40(38,39)27-13-6-21(3)7-14-27/h6-16,20,23H,17-19H2,1-5H3,(H,33,37)/t23-/m1/s1. The van der Waals surface area contributed by atoms with E-state index in [9.17, 15) is 22.4 Å². The number of rotatable bonds is 11. The minimum atomic E-state index is -4.19. The Bertz CT molecular complexity index is 1440. The van der Waals surface area contributed by atoms with Gasteiger partial charge in [-0.05, 0) is 80.3 Å². The molecular formula is C30H35ClFN3O4S. The summed E-state index contributed by atoms with van der Waals surface area (Å²) in [4.78, 5) is 28.3. The van der Waals surface area contributed by atoms with Crippen molar-refractivity contribution >= 4 is 39.1 Å². The average Bonchev–Trinajstić information content (AvgIpc) is 2.90. The minimum absolute atomic E-state index is 0.0204. The van der Waals surface area contributed by atoms with Crippen molar-refractivity contribution in [3.63, 3.8) is 0 Å². The van der Waals surface area contributed by atoms with Gasteiger partial charge in [-0.15, -0.1) is 0 Å². The molecule has 0 aliphatic carbocycles. The maximum atomic E-state index is 13.9. The van der Waals surface area contributed by atoms with Gasteiger partial charge in [0.05, 0.1) is 10.6 Å². The smallest absolute Gasteiger partial charge is 0.264 e. The van der Waals surface area contributed by atoms with Crippen LogP contribution in [-0.2, 0) is 26.2 Å². The average molecular weight is 588 g/mol. The number of hydrogen-bond acceptors (Lipinski definition) is 4. The number of halogens is 2. The molecule has 7 nitrogen and oxygen atoms in total. The second-order valence-corrected chi connectivity index (χ2v) is 12.5. The molecule has 0 heterocycles. The summed E-state index contributed by atoms with van der Waals surface area (Å²) in [6, 6.07) is 15.8. The number of carbonyl (C=O) groups excluding carboxylic acids is 2. The van der Waals surface area contributed by atoms with Crippen LogP contribution in [0.1, 0.15) is 37.5 Å². The van der Waals surface area contributed by atoms with Crippen LogP contribution in [0.15, 0.2) is 71.6 Å². The predicted molar refractivity (Wildman–Crippen MR) is 156 cm³/mol. The molecule has 40 heavy (non-hydrogen) atoms. The van der Waals surface area contributed by atoms with Gasteiger partial charge in [0.15, 0.2) is 0 Å². The Morgan fingerprint density at radius 1 is 0.950 bits per heavy atom. The number of sulfonamides is 1. The van der Waals surface area contributed by atoms with Crippen molar-refractivity contribution in [1.82, 2.24) is 10.2 Å². The number of benzene rings is 3. The van der Waals surface area contributed by atoms with Crippen molar-refractivity contribution in [3.8, 4) is 0 Å². The number of hydrogen-bond donors (Lipinski definition) is 1. The molecule has 0 fully saturated rings. The highest BCUT2D eigenvalue weighted by Crippen LogP contribution is 2.29. The van der Waals surface area contributed by atoms with Gasteiger partial charge in [-0.2, -0.15) is 0 Å². The van der Waals surface area contributed by atoms with Crippen LogP contribution in [0.2, 0.25) is 5.02 Å². The van der Waals surface area contributed by atoms with Crippen LogP contribution < -0.4 is 9.62 Å². The van der Waals surface area contributed by atoms with E-state index in [0.29, 0.717) is 22.7 Å². The number of anilines is 1. The molecule has 0 aliphatic heterocycles. The maximum Gasteiger partial charge on any atom is 0.264 e. The number of nitrogens with one attached hydrogen (secondary N) is 1. The van der Waals surface area contributed by atoms with Crippen LogP contribution >= 0.6 is 11.6 Å². The van der Waals surface area contributed by atoms with Crippen LogP contribution in [0, 0.1) is 25.6 Å². The van der Waals surface area contributed by atoms with E-state index in [1.54, 1.807) is 44.2 Å². The second-order valence-electron chi connectivity index (χ2n) is 10.2. The molecule has 3 aromatic carbocycles. The van der Waals surface area contributed by atoms with E-state index in [0.717, 1.165) is 9.87 Å². The van der Waals surface area contributed by atoms with E-state index in [1.165, 1.54) is 41.3 Å². The zero-order chi connectivity index (χ0) is 29.6. The van der Waals surface area contributed by atoms with Gasteiger partial charge in [-0.1, -0.05) is 55.3 Å². The minimum Gasteiger partial charge on any atom is -0.354 e. The molecule has 0 spiro atoms. The predicted octanol–water partition coefficient (Wildman–Crippen LogP) is 5.48. The first-order valence-electron chi connectivity index (χ1n) is 13.0. The van der Waals surface area contributed by atoms with Gasteiger partial charge >= 0.3 is 0 Å². The van der Waals surface area contributed by atoms with Crippen LogP contribution in [0.4, 0.5) is 10.1 Å². The molecule has 1 atom stereocenters. The van der Waals surface area contributed by atoms with Gasteiger partial charge in [-0.25, -0.2) is 12.8 Å². The van der Waals surface area contributed by atoms with E-state index < -0.39 is 34.3 Å². The van der Waals surface area contributed by atoms with E-state index in [1.807, 2.05) is 20.8 Å². The lowest BCUT2D eigenvalue weighted by Gasteiger charge is -2.32. The normalized spacial score (nSPS) is 12.2. The highest BCUT2D eigenvalue weighted by Gasteiger charge is 2.33. The van der Waals surface area contributed by atoms with Gasteiger partial charge < -0.3 is 10.2 Å². The van der Waals surface area contributed by atoms with E-state index in [-0.39, 0.29) is 29.0 Å². The number of carbonyl (C=O) groups is 2. The van der Waals surface area contributed by atoms with Gasteiger partial charge in [-0.3, -0.25) is 13.9 Å². The lowest BCUT2D eigenvalue weighted by Crippen LogP contribution is -2.51. The summed E-state index contributed by atoms with van der Waals surface area (Å²) in [5, 5.41) is 3.26. The third kappa shape index (κ3) is 7.82. The van der Waals surface area contributed by atoms with Gasteiger partial charge in [0.25, 0.3) is 10.0 Å². The third-order valence-corrected chi connectivity index (χ3v) is 8.44. The molecule has 0 bridgehead atoms. The fourth-order valence-corrected chi connectivity index (χ4v) is 5.78. The highest BCUT2D eigenvalue weighted by atomic mass is 35.5. The van der Waals surface area contributed by atoms with E-state index in [4.69, 9.17) is 11.6 Å². The summed E-state index contributed by atoms with van der Waals surface area (Å²) in [7, 11) is -4.19. The molecule has 1 N–H and O–H groups in total. The summed E-state index contributed by atoms with van der Waals surface area (Å²) in [6.45, 7) is 8.88. The van der Waals surface area contributed by atoms with Gasteiger partial charge in [0.2, 0.25) is 11.8 Å². The third-order valence-electron chi connectivity index (χ3n) is 6.43. The summed E-state index contributed by atoms with van der Waals surface area (Å²) < 4.78 is 42.4. The molecular weight excluding hydrogens is 553 g/mol. The molecule has 0 unspecified atom stereocenters. The van der Waals surface area contributed by atoms with Gasteiger partial charge in [0.1, 0.15) is 18.4 Å². The lowest BCUT2D eigenvalue weighted by molar-refractivity contribution is -0.139. The molecule has 2 amide bonds. The Morgan fingerprint density at radius 2 is 1.57 bits per heavy atom. The summed E-state index contributed by atoms with van der Waals surface area (Å²) in [5.74, 6) is -1.21. The monoisotopic (exact) mass is 587 g/mol. The number of nitrogens with zero attached hydrogens (tertiary/aromatic N) is 2. The fraction of sp³-hybridized carbons (Fsp3) is 0.333. The molecule has 0 radical (unpaired) electrons. The van der Waals surface area contributed by atoms with E-state index in [2.05, 4.69) is 5.32 Å². The summed E-state index contributed by atoms with van der Waals surface area (Å²) >= 11 is 6.14.